The summed E-state index contributed by atoms with van der Waals surface area (Å²) >= 11 is 0. The Kier molecular flexibility index (Phi) is 12.7. The van der Waals surface area contributed by atoms with Gasteiger partial charge in [-0.05, 0) is 30.7 Å². The lowest BCUT2D eigenvalue weighted by molar-refractivity contribution is -0.116. The number of fused-ring (bicyclic) bond motifs is 1. The van der Waals surface area contributed by atoms with Gasteiger partial charge in [0, 0.05) is 23.6 Å². The zero-order valence-electron chi connectivity index (χ0n) is 19.4. The fraction of sp³-hybridized carbons (Fsp3) is 0.630. The number of hydrogen-bond acceptors (Lipinski definition) is 3. The van der Waals surface area contributed by atoms with Crippen molar-refractivity contribution in [2.75, 3.05) is 5.32 Å². The van der Waals surface area contributed by atoms with Crippen molar-refractivity contribution < 1.29 is 9.21 Å². The minimum Gasteiger partial charge on any atom is -0.423 e. The topological polar surface area (TPSA) is 59.3 Å². The van der Waals surface area contributed by atoms with Crippen LogP contribution in [0.4, 0.5) is 5.69 Å². The van der Waals surface area contributed by atoms with Crippen molar-refractivity contribution >= 4 is 22.6 Å². The number of nitrogens with one attached hydrogen (secondary N) is 1. The number of carbonyl (C=O) groups excluding carboxylic acids is 1. The highest BCUT2D eigenvalue weighted by atomic mass is 16.4. The smallest absolute Gasteiger partial charge is 0.336 e. The quantitative estimate of drug-likeness (QED) is 0.205. The van der Waals surface area contributed by atoms with Gasteiger partial charge in [0.1, 0.15) is 5.58 Å². The van der Waals surface area contributed by atoms with Gasteiger partial charge in [-0.3, -0.25) is 4.79 Å². The Labute approximate surface area is 187 Å². The Morgan fingerprint density at radius 3 is 1.87 bits per heavy atom. The van der Waals surface area contributed by atoms with E-state index in [1.165, 1.54) is 89.5 Å². The fourth-order valence-electron chi connectivity index (χ4n) is 4.03. The van der Waals surface area contributed by atoms with E-state index >= 15 is 0 Å². The normalized spacial score (nSPS) is 11.1. The molecule has 4 heteroatoms. The highest BCUT2D eigenvalue weighted by Crippen LogP contribution is 2.18. The Balaban J connectivity index is 1.42. The third-order valence-corrected chi connectivity index (χ3v) is 5.91. The van der Waals surface area contributed by atoms with Crippen LogP contribution in [0.15, 0.2) is 39.5 Å². The summed E-state index contributed by atoms with van der Waals surface area (Å²) in [6.45, 7) is 2.27. The van der Waals surface area contributed by atoms with Crippen LogP contribution in [0, 0.1) is 0 Å². The highest BCUT2D eigenvalue weighted by Gasteiger charge is 2.04. The molecule has 0 saturated carbocycles. The van der Waals surface area contributed by atoms with E-state index in [4.69, 9.17) is 4.42 Å². The molecule has 0 aliphatic heterocycles. The Bertz CT molecular complexity index is 811. The van der Waals surface area contributed by atoms with Crippen molar-refractivity contribution in [3.05, 3.63) is 40.8 Å². The van der Waals surface area contributed by atoms with Crippen LogP contribution in [0.3, 0.4) is 0 Å². The third-order valence-electron chi connectivity index (χ3n) is 5.91. The lowest BCUT2D eigenvalue weighted by atomic mass is 10.0. The molecule has 1 aromatic heterocycles. The van der Waals surface area contributed by atoms with Crippen molar-refractivity contribution in [3.63, 3.8) is 0 Å². The summed E-state index contributed by atoms with van der Waals surface area (Å²) in [4.78, 5) is 23.4. The first-order valence-corrected chi connectivity index (χ1v) is 12.5. The second-order valence-electron chi connectivity index (χ2n) is 8.75. The van der Waals surface area contributed by atoms with Crippen LogP contribution in [0.5, 0.6) is 0 Å². The molecule has 0 atom stereocenters. The first-order valence-electron chi connectivity index (χ1n) is 12.5. The number of rotatable bonds is 17. The first-order chi connectivity index (χ1) is 15.2. The van der Waals surface area contributed by atoms with Crippen molar-refractivity contribution in [3.8, 4) is 0 Å². The van der Waals surface area contributed by atoms with Crippen LogP contribution in [-0.2, 0) is 4.79 Å². The average Bonchev–Trinajstić information content (AvgIpc) is 2.76. The van der Waals surface area contributed by atoms with E-state index in [2.05, 4.69) is 12.2 Å². The van der Waals surface area contributed by atoms with Crippen LogP contribution in [0.1, 0.15) is 110 Å². The van der Waals surface area contributed by atoms with Gasteiger partial charge in [-0.2, -0.15) is 0 Å². The molecule has 0 saturated heterocycles. The molecule has 4 nitrogen and oxygen atoms in total. The van der Waals surface area contributed by atoms with Crippen LogP contribution < -0.4 is 10.9 Å². The third kappa shape index (κ3) is 11.2. The van der Waals surface area contributed by atoms with E-state index in [1.807, 2.05) is 6.07 Å². The van der Waals surface area contributed by atoms with Crippen molar-refractivity contribution in [2.45, 2.75) is 110 Å². The minimum atomic E-state index is -0.363. The molecule has 2 rings (SSSR count). The maximum Gasteiger partial charge on any atom is 0.336 e. The number of amides is 1. The number of benzene rings is 1. The lowest BCUT2D eigenvalue weighted by Gasteiger charge is -2.06. The Morgan fingerprint density at radius 2 is 1.29 bits per heavy atom. The predicted octanol–water partition coefficient (Wildman–Crippen LogP) is 7.99. The number of hydrogen-bond donors (Lipinski definition) is 1. The van der Waals surface area contributed by atoms with Gasteiger partial charge in [0.2, 0.25) is 5.91 Å². The second-order valence-corrected chi connectivity index (χ2v) is 8.75. The van der Waals surface area contributed by atoms with Gasteiger partial charge in [0.15, 0.2) is 0 Å². The van der Waals surface area contributed by atoms with E-state index in [-0.39, 0.29) is 11.5 Å². The first kappa shape index (κ1) is 25.2. The van der Waals surface area contributed by atoms with Gasteiger partial charge in [-0.1, -0.05) is 96.8 Å². The molecule has 31 heavy (non-hydrogen) atoms. The highest BCUT2D eigenvalue weighted by molar-refractivity contribution is 5.93. The zero-order chi connectivity index (χ0) is 22.2. The van der Waals surface area contributed by atoms with Crippen LogP contribution in [0.25, 0.3) is 11.0 Å². The molecule has 0 spiro atoms. The summed E-state index contributed by atoms with van der Waals surface area (Å²) in [6, 6.07) is 8.44. The van der Waals surface area contributed by atoms with Gasteiger partial charge < -0.3 is 9.73 Å². The largest absolute Gasteiger partial charge is 0.423 e. The maximum absolute atomic E-state index is 12.2. The van der Waals surface area contributed by atoms with Gasteiger partial charge in [0.05, 0.1) is 0 Å². The molecule has 0 fully saturated rings. The summed E-state index contributed by atoms with van der Waals surface area (Å²) in [5.41, 5.74) is 0.915. The Morgan fingerprint density at radius 1 is 0.742 bits per heavy atom. The molecule has 0 bridgehead atoms. The molecule has 0 aliphatic rings. The lowest BCUT2D eigenvalue weighted by Crippen LogP contribution is -2.11. The summed E-state index contributed by atoms with van der Waals surface area (Å²) in [5.74, 6) is 0.0476. The fourth-order valence-corrected chi connectivity index (χ4v) is 4.03. The van der Waals surface area contributed by atoms with Crippen LogP contribution >= 0.6 is 0 Å². The van der Waals surface area contributed by atoms with Crippen LogP contribution in [0.2, 0.25) is 0 Å². The van der Waals surface area contributed by atoms with E-state index in [0.29, 0.717) is 12.0 Å². The van der Waals surface area contributed by atoms with Crippen molar-refractivity contribution in [1.29, 1.82) is 0 Å². The van der Waals surface area contributed by atoms with Gasteiger partial charge in [-0.25, -0.2) is 4.79 Å². The van der Waals surface area contributed by atoms with Crippen molar-refractivity contribution in [2.24, 2.45) is 0 Å². The molecule has 0 radical (unpaired) electrons. The molecule has 1 amide bonds. The molecule has 1 N–H and O–H groups in total. The summed E-state index contributed by atoms with van der Waals surface area (Å²) < 4.78 is 5.11. The standard InChI is InChI=1S/C27H41NO3/c1-2-3-4-5-6-7-8-9-10-11-12-13-14-15-16-17-26(29)28-24-19-20-25-23(22-24)18-21-27(30)31-25/h18-22H,2-17H2,1H3,(H,28,29). The molecule has 0 unspecified atom stereocenters. The maximum atomic E-state index is 12.2. The summed E-state index contributed by atoms with van der Waals surface area (Å²) in [5, 5.41) is 3.75. The molecular weight excluding hydrogens is 386 g/mol. The molecule has 1 heterocycles. The molecular formula is C27H41NO3. The van der Waals surface area contributed by atoms with E-state index in [0.717, 1.165) is 23.9 Å². The number of carbonyl (C=O) groups is 1. The van der Waals surface area contributed by atoms with E-state index in [1.54, 1.807) is 18.2 Å². The van der Waals surface area contributed by atoms with E-state index < -0.39 is 0 Å². The van der Waals surface area contributed by atoms with Gasteiger partial charge in [0.25, 0.3) is 0 Å². The Hall–Kier alpha value is -2.10. The predicted molar refractivity (Wildman–Crippen MR) is 131 cm³/mol. The summed E-state index contributed by atoms with van der Waals surface area (Å²) in [7, 11) is 0. The van der Waals surface area contributed by atoms with Crippen molar-refractivity contribution in [1.82, 2.24) is 0 Å². The van der Waals surface area contributed by atoms with Gasteiger partial charge >= 0.3 is 5.63 Å². The average molecular weight is 428 g/mol. The molecule has 0 aliphatic carbocycles. The molecule has 2 aromatic rings. The monoisotopic (exact) mass is 427 g/mol. The summed E-state index contributed by atoms with van der Waals surface area (Å²) in [6.07, 6.45) is 20.4. The number of anilines is 1. The molecule has 1 aromatic carbocycles. The minimum absolute atomic E-state index is 0.0476. The van der Waals surface area contributed by atoms with Crippen LogP contribution in [-0.4, -0.2) is 5.91 Å². The molecule has 172 valence electrons. The van der Waals surface area contributed by atoms with Gasteiger partial charge in [-0.15, -0.1) is 0 Å². The SMILES string of the molecule is CCCCCCCCCCCCCCCCCC(=O)Nc1ccc2oc(=O)ccc2c1. The number of unbranched alkanes of at least 4 members (excludes halogenated alkanes) is 14. The van der Waals surface area contributed by atoms with E-state index in [9.17, 15) is 9.59 Å². The second kappa shape index (κ2) is 15.7. The zero-order valence-corrected chi connectivity index (χ0v) is 19.4.